The molecule has 9 heteroatoms. The van der Waals surface area contributed by atoms with Crippen molar-refractivity contribution < 1.29 is 6.17 Å². The summed E-state index contributed by atoms with van der Waals surface area (Å²) in [4.78, 5) is 25.7. The van der Waals surface area contributed by atoms with Gasteiger partial charge in [-0.3, -0.25) is 0 Å². The molecule has 25 heavy (non-hydrogen) atoms. The first-order valence-electron chi connectivity index (χ1n) is 7.64. The topological polar surface area (TPSA) is 67.8 Å². The second-order valence-electron chi connectivity index (χ2n) is 5.09. The second-order valence-corrected chi connectivity index (χ2v) is 10.3. The van der Waals surface area contributed by atoms with Crippen molar-refractivity contribution in [2.45, 2.75) is 13.8 Å². The third-order valence-corrected chi connectivity index (χ3v) is 7.42. The van der Waals surface area contributed by atoms with E-state index in [1.54, 1.807) is 32.2 Å². The molecule has 0 spiro atoms. The van der Waals surface area contributed by atoms with Crippen LogP contribution in [0.25, 0.3) is 0 Å². The quantitative estimate of drug-likeness (QED) is 0.484. The first kappa shape index (κ1) is 17.0. The summed E-state index contributed by atoms with van der Waals surface area (Å²) in [6.07, 6.45) is 1.55. The summed E-state index contributed by atoms with van der Waals surface area (Å²) in [6.45, 7) is 3.58. The molecule has 1 N–H and O–H groups in total. The molecule has 0 saturated carbocycles. The van der Waals surface area contributed by atoms with Crippen molar-refractivity contribution in [1.29, 1.82) is 0 Å². The van der Waals surface area contributed by atoms with Crippen molar-refractivity contribution in [2.75, 3.05) is 5.32 Å². The number of amides is 1. The number of nitrogens with one attached hydrogen (secondary N) is 1. The van der Waals surface area contributed by atoms with E-state index in [4.69, 9.17) is 24.6 Å². The molecule has 0 fully saturated rings. The van der Waals surface area contributed by atoms with Gasteiger partial charge in [0.05, 0.1) is 0 Å². The molecule has 0 aliphatic heterocycles. The number of para-hydroxylation sites is 1. The molecule has 2 aromatic heterocycles. The monoisotopic (exact) mass is 455 g/mol. The van der Waals surface area contributed by atoms with E-state index in [-0.39, 0.29) is 5.91 Å². The number of aromatic nitrogens is 3. The van der Waals surface area contributed by atoms with Crippen LogP contribution < -0.4 is 13.6 Å². The summed E-state index contributed by atoms with van der Waals surface area (Å²) in [6, 6.07) is 5.18. The van der Waals surface area contributed by atoms with Gasteiger partial charge in [-0.1, -0.05) is 0 Å². The number of thiazole rings is 1. The van der Waals surface area contributed by atoms with Gasteiger partial charge < -0.3 is 0 Å². The van der Waals surface area contributed by atoms with Gasteiger partial charge in [0.1, 0.15) is 0 Å². The van der Waals surface area contributed by atoms with Gasteiger partial charge >= 0.3 is 167 Å². The van der Waals surface area contributed by atoms with E-state index < -0.39 is 15.8 Å². The van der Waals surface area contributed by atoms with E-state index in [1.807, 2.05) is 0 Å². The molecule has 128 valence electrons. The number of carbonyl (C=O) groups is 1. The Kier molecular flexibility index (Phi) is 5.32. The van der Waals surface area contributed by atoms with Gasteiger partial charge in [0.25, 0.3) is 0 Å². The molecule has 1 aromatic carbocycles. The van der Waals surface area contributed by atoms with Crippen LogP contribution >= 0.6 is 34.5 Å². The number of nitrogens with zero attached hydrogens (tertiary/aromatic N) is 3. The molecule has 0 bridgehead atoms. The normalized spacial score (nSPS) is 11.8. The van der Waals surface area contributed by atoms with E-state index in [2.05, 4.69) is 20.3 Å². The van der Waals surface area contributed by atoms with Gasteiger partial charge in [0, 0.05) is 0 Å². The van der Waals surface area contributed by atoms with E-state index >= 15 is 0 Å². The number of halogens is 2. The third kappa shape index (κ3) is 4.58. The fraction of sp³-hybridized carbons (Fsp3) is 0.125. The summed E-state index contributed by atoms with van der Waals surface area (Å²) in [7, 11) is 0. The predicted molar refractivity (Wildman–Crippen MR) is 104 cm³/mol. The predicted octanol–water partition coefficient (Wildman–Crippen LogP) is 2.50. The van der Waals surface area contributed by atoms with Gasteiger partial charge in [0.15, 0.2) is 0 Å². The number of hydrogen-bond donors (Lipinski definition) is 1. The first-order chi connectivity index (χ1) is 12.3. The number of anilines is 1. The van der Waals surface area contributed by atoms with Gasteiger partial charge in [-0.2, -0.15) is 0 Å². The van der Waals surface area contributed by atoms with Crippen LogP contribution in [0.15, 0.2) is 30.4 Å². The second kappa shape index (κ2) is 7.83. The van der Waals surface area contributed by atoms with E-state index in [0.29, 0.717) is 32.6 Å². The van der Waals surface area contributed by atoms with Crippen LogP contribution in [-0.2, 0) is 0 Å². The van der Waals surface area contributed by atoms with E-state index in [1.165, 1.54) is 17.4 Å². The molecule has 1 atom stereocenters. The standard InChI is InChI=1S/C16H13AsCl2N4OS/c1-8-4-3-5-10(18)14(8)23-15(24)11-7-20-16(25-11)17-12-6-13(19)22-9(2)21-12/h3-7,17H,1-2H3,(H,23,24)/i3D. The maximum atomic E-state index is 12.5. The Morgan fingerprint density at radius 1 is 1.32 bits per heavy atom. The molecule has 2 heterocycles. The molecule has 3 aromatic rings. The van der Waals surface area contributed by atoms with Gasteiger partial charge in [-0.15, -0.1) is 0 Å². The van der Waals surface area contributed by atoms with Gasteiger partial charge in [-0.25, -0.2) is 0 Å². The van der Waals surface area contributed by atoms with Gasteiger partial charge in [0.2, 0.25) is 0 Å². The molecule has 1 unspecified atom stereocenters. The van der Waals surface area contributed by atoms with Crippen molar-refractivity contribution in [1.82, 2.24) is 15.0 Å². The number of benzene rings is 1. The van der Waals surface area contributed by atoms with Crippen LogP contribution in [0.2, 0.25) is 10.2 Å². The summed E-state index contributed by atoms with van der Waals surface area (Å²) >= 11 is 12.6. The number of aryl methyl sites for hydroxylation is 2. The summed E-state index contributed by atoms with van der Waals surface area (Å²) < 4.78 is 9.38. The van der Waals surface area contributed by atoms with Gasteiger partial charge in [-0.05, 0) is 0 Å². The molecule has 0 aliphatic carbocycles. The molecule has 0 saturated heterocycles. The SMILES string of the molecule is [2H]c1cc(C)c(NC(=O)c2cnc([AsH]c3cc(Cl)nc(C)n3)s2)c(Cl)c1. The fourth-order valence-corrected chi connectivity index (χ4v) is 6.52. The zero-order valence-corrected chi connectivity index (χ0v) is 17.6. The molecular formula is C16H13AsCl2N4OS. The zero-order valence-electron chi connectivity index (χ0n) is 14.2. The summed E-state index contributed by atoms with van der Waals surface area (Å²) in [5.74, 6) is 0.341. The van der Waals surface area contributed by atoms with Crippen LogP contribution in [-0.4, -0.2) is 36.6 Å². The van der Waals surface area contributed by atoms with Crippen molar-refractivity contribution in [2.24, 2.45) is 0 Å². The zero-order chi connectivity index (χ0) is 18.8. The minimum atomic E-state index is -0.798. The van der Waals surface area contributed by atoms with E-state index in [9.17, 15) is 4.79 Å². The number of hydrogen-bond acceptors (Lipinski definition) is 5. The Balaban J connectivity index is 1.76. The average molecular weight is 456 g/mol. The first-order valence-corrected chi connectivity index (χ1v) is 10.8. The summed E-state index contributed by atoms with van der Waals surface area (Å²) in [5, 5.41) is 3.55. The molecule has 0 aliphatic rings. The average Bonchev–Trinajstić information content (AvgIpc) is 2.98. The van der Waals surface area contributed by atoms with E-state index in [0.717, 1.165) is 13.8 Å². The maximum absolute atomic E-state index is 12.5. The molecule has 0 radical (unpaired) electrons. The van der Waals surface area contributed by atoms with Crippen LogP contribution in [0.4, 0.5) is 5.69 Å². The van der Waals surface area contributed by atoms with Crippen molar-refractivity contribution in [3.8, 4) is 0 Å². The fourth-order valence-electron chi connectivity index (χ4n) is 2.05. The molecule has 3 rings (SSSR count). The number of carbonyl (C=O) groups excluding carboxylic acids is 1. The third-order valence-electron chi connectivity index (χ3n) is 3.15. The Morgan fingerprint density at radius 3 is 2.84 bits per heavy atom. The Hall–Kier alpha value is -1.46. The Morgan fingerprint density at radius 2 is 2.12 bits per heavy atom. The van der Waals surface area contributed by atoms with Crippen molar-refractivity contribution in [3.05, 3.63) is 56.9 Å². The van der Waals surface area contributed by atoms with Crippen LogP contribution in [0.3, 0.4) is 0 Å². The van der Waals surface area contributed by atoms with Crippen LogP contribution in [0, 0.1) is 13.8 Å². The van der Waals surface area contributed by atoms with Crippen molar-refractivity contribution >= 4 is 70.2 Å². The molecule has 5 nitrogen and oxygen atoms in total. The Labute approximate surface area is 166 Å². The molecule has 1 amide bonds. The van der Waals surface area contributed by atoms with Crippen molar-refractivity contribution in [3.63, 3.8) is 0 Å². The molecular weight excluding hydrogens is 442 g/mol. The Bertz CT molecular complexity index is 955. The number of rotatable bonds is 4. The minimum absolute atomic E-state index is 0.278. The summed E-state index contributed by atoms with van der Waals surface area (Å²) in [5.41, 5.74) is 1.25. The van der Waals surface area contributed by atoms with Crippen LogP contribution in [0.1, 0.15) is 22.4 Å². The van der Waals surface area contributed by atoms with Crippen LogP contribution in [0.5, 0.6) is 0 Å².